The number of halogens is 1. The number of rotatable bonds is 2. The van der Waals surface area contributed by atoms with Crippen molar-refractivity contribution in [2.24, 2.45) is 0 Å². The second-order valence-electron chi connectivity index (χ2n) is 5.76. The minimum Gasteiger partial charge on any atom is -0.314 e. The molecule has 21 heavy (non-hydrogen) atoms. The molecule has 0 bridgehead atoms. The van der Waals surface area contributed by atoms with Crippen molar-refractivity contribution in [2.75, 3.05) is 19.6 Å². The van der Waals surface area contributed by atoms with Gasteiger partial charge in [0.05, 0.1) is 4.90 Å². The summed E-state index contributed by atoms with van der Waals surface area (Å²) >= 11 is 0. The Morgan fingerprint density at radius 2 is 1.67 bits per heavy atom. The molecule has 1 unspecified atom stereocenters. The number of sulfonamides is 1. The van der Waals surface area contributed by atoms with Gasteiger partial charge in [-0.1, -0.05) is 6.07 Å². The van der Waals surface area contributed by atoms with E-state index < -0.39 is 10.0 Å². The number of benzene rings is 1. The molecule has 1 saturated heterocycles. The fraction of sp³-hybridized carbons (Fsp3) is 0.600. The number of nitrogens with zero attached hydrogens (tertiary/aromatic N) is 1. The number of piperazine rings is 1. The Hall–Kier alpha value is -0.620. The van der Waals surface area contributed by atoms with Crippen LogP contribution in [0.3, 0.4) is 0 Å². The van der Waals surface area contributed by atoms with Gasteiger partial charge < -0.3 is 5.32 Å². The van der Waals surface area contributed by atoms with Gasteiger partial charge in [0.25, 0.3) is 0 Å². The zero-order valence-corrected chi connectivity index (χ0v) is 15.0. The number of aryl methyl sites for hydroxylation is 2. The highest BCUT2D eigenvalue weighted by atomic mass is 35.5. The second kappa shape index (κ2) is 6.65. The summed E-state index contributed by atoms with van der Waals surface area (Å²) in [5.74, 6) is 0. The summed E-state index contributed by atoms with van der Waals surface area (Å²) in [6.45, 7) is 11.7. The van der Waals surface area contributed by atoms with E-state index in [4.69, 9.17) is 0 Å². The molecule has 0 aromatic heterocycles. The van der Waals surface area contributed by atoms with Gasteiger partial charge in [-0.05, 0) is 56.9 Å². The molecule has 1 aliphatic heterocycles. The van der Waals surface area contributed by atoms with Crippen LogP contribution in [0.4, 0.5) is 0 Å². The summed E-state index contributed by atoms with van der Waals surface area (Å²) in [6, 6.07) is 2.05. The molecular weight excluding hydrogens is 308 g/mol. The number of hydrogen-bond acceptors (Lipinski definition) is 3. The summed E-state index contributed by atoms with van der Waals surface area (Å²) in [5, 5.41) is 3.23. The Bertz CT molecular complexity index is 603. The third-order valence-corrected chi connectivity index (χ3v) is 6.59. The highest BCUT2D eigenvalue weighted by Gasteiger charge is 2.33. The maximum atomic E-state index is 13.0. The van der Waals surface area contributed by atoms with Gasteiger partial charge in [-0.25, -0.2) is 8.42 Å². The van der Waals surface area contributed by atoms with E-state index in [1.54, 1.807) is 4.31 Å². The number of nitrogens with one attached hydrogen (secondary N) is 1. The van der Waals surface area contributed by atoms with Crippen LogP contribution in [0.2, 0.25) is 0 Å². The van der Waals surface area contributed by atoms with Crippen molar-refractivity contribution in [1.29, 1.82) is 0 Å². The third-order valence-electron chi connectivity index (χ3n) is 4.30. The lowest BCUT2D eigenvalue weighted by Gasteiger charge is -2.34. The van der Waals surface area contributed by atoms with E-state index in [0.717, 1.165) is 22.3 Å². The van der Waals surface area contributed by atoms with Crippen LogP contribution in [0.15, 0.2) is 11.0 Å². The minimum absolute atomic E-state index is 0. The van der Waals surface area contributed by atoms with E-state index in [2.05, 4.69) is 11.4 Å². The maximum Gasteiger partial charge on any atom is 0.243 e. The van der Waals surface area contributed by atoms with Gasteiger partial charge in [0.2, 0.25) is 10.0 Å². The summed E-state index contributed by atoms with van der Waals surface area (Å²) < 4.78 is 27.7. The first kappa shape index (κ1) is 18.4. The summed E-state index contributed by atoms with van der Waals surface area (Å²) in [5.41, 5.74) is 3.82. The van der Waals surface area contributed by atoms with Crippen LogP contribution in [0.5, 0.6) is 0 Å². The summed E-state index contributed by atoms with van der Waals surface area (Å²) in [4.78, 5) is 0.503. The molecule has 120 valence electrons. The molecular formula is C15H25ClN2O2S. The molecule has 1 atom stereocenters. The molecule has 1 aromatic rings. The van der Waals surface area contributed by atoms with E-state index in [1.807, 2.05) is 34.6 Å². The average Bonchev–Trinajstić information content (AvgIpc) is 2.36. The van der Waals surface area contributed by atoms with Crippen LogP contribution in [0.25, 0.3) is 0 Å². The summed E-state index contributed by atoms with van der Waals surface area (Å²) in [6.07, 6.45) is 0. The molecule has 1 heterocycles. The first-order valence-corrected chi connectivity index (χ1v) is 8.50. The van der Waals surface area contributed by atoms with Crippen LogP contribution in [0.1, 0.15) is 29.2 Å². The Labute approximate surface area is 134 Å². The first-order chi connectivity index (χ1) is 9.26. The normalized spacial score (nSPS) is 20.1. The van der Waals surface area contributed by atoms with Crippen LogP contribution < -0.4 is 5.32 Å². The zero-order valence-electron chi connectivity index (χ0n) is 13.4. The maximum absolute atomic E-state index is 13.0. The van der Waals surface area contributed by atoms with Gasteiger partial charge in [-0.2, -0.15) is 4.31 Å². The number of hydrogen-bond donors (Lipinski definition) is 1. The van der Waals surface area contributed by atoms with Crippen molar-refractivity contribution in [3.05, 3.63) is 28.3 Å². The average molecular weight is 333 g/mol. The molecule has 1 aromatic carbocycles. The molecule has 0 saturated carbocycles. The van der Waals surface area contributed by atoms with E-state index in [-0.39, 0.29) is 18.4 Å². The van der Waals surface area contributed by atoms with Gasteiger partial charge in [0.1, 0.15) is 0 Å². The van der Waals surface area contributed by atoms with Crippen molar-refractivity contribution in [1.82, 2.24) is 9.62 Å². The van der Waals surface area contributed by atoms with E-state index >= 15 is 0 Å². The Kier molecular flexibility index (Phi) is 5.83. The van der Waals surface area contributed by atoms with Crippen LogP contribution >= 0.6 is 12.4 Å². The van der Waals surface area contributed by atoms with Crippen LogP contribution in [-0.2, 0) is 10.0 Å². The van der Waals surface area contributed by atoms with Gasteiger partial charge in [-0.3, -0.25) is 0 Å². The van der Waals surface area contributed by atoms with Gasteiger partial charge in [-0.15, -0.1) is 12.4 Å². The molecule has 1 fully saturated rings. The van der Waals surface area contributed by atoms with Crippen molar-refractivity contribution in [2.45, 2.75) is 45.6 Å². The molecule has 0 aliphatic carbocycles. The molecule has 1 aliphatic rings. The fourth-order valence-corrected chi connectivity index (χ4v) is 5.07. The van der Waals surface area contributed by atoms with Crippen molar-refractivity contribution >= 4 is 22.4 Å². The van der Waals surface area contributed by atoms with Crippen molar-refractivity contribution in [3.8, 4) is 0 Å². The monoisotopic (exact) mass is 332 g/mol. The zero-order chi connectivity index (χ0) is 15.1. The van der Waals surface area contributed by atoms with Gasteiger partial charge >= 0.3 is 0 Å². The van der Waals surface area contributed by atoms with E-state index in [1.165, 1.54) is 0 Å². The minimum atomic E-state index is -3.42. The lowest BCUT2D eigenvalue weighted by atomic mass is 10.0. The van der Waals surface area contributed by atoms with E-state index in [9.17, 15) is 8.42 Å². The molecule has 0 spiro atoms. The lowest BCUT2D eigenvalue weighted by Crippen LogP contribution is -2.52. The largest absolute Gasteiger partial charge is 0.314 e. The SMILES string of the molecule is Cc1cc(C)c(C)c(S(=O)(=O)N2CCNCC2C)c1C.Cl. The molecule has 4 nitrogen and oxygen atoms in total. The van der Waals surface area contributed by atoms with Crippen LogP contribution in [-0.4, -0.2) is 38.4 Å². The lowest BCUT2D eigenvalue weighted by molar-refractivity contribution is 0.283. The van der Waals surface area contributed by atoms with Crippen molar-refractivity contribution < 1.29 is 8.42 Å². The smallest absolute Gasteiger partial charge is 0.243 e. The topological polar surface area (TPSA) is 49.4 Å². The molecule has 0 amide bonds. The predicted molar refractivity (Wildman–Crippen MR) is 88.9 cm³/mol. The highest BCUT2D eigenvalue weighted by Crippen LogP contribution is 2.29. The molecule has 0 radical (unpaired) electrons. The second-order valence-corrected chi connectivity index (χ2v) is 7.59. The quantitative estimate of drug-likeness (QED) is 0.904. The highest BCUT2D eigenvalue weighted by molar-refractivity contribution is 7.89. The Morgan fingerprint density at radius 3 is 2.14 bits per heavy atom. The predicted octanol–water partition coefficient (Wildman–Crippen LogP) is 2.32. The third kappa shape index (κ3) is 3.26. The Morgan fingerprint density at radius 1 is 1.14 bits per heavy atom. The first-order valence-electron chi connectivity index (χ1n) is 7.06. The Balaban J connectivity index is 0.00000220. The van der Waals surface area contributed by atoms with Crippen LogP contribution in [0, 0.1) is 27.7 Å². The molecule has 6 heteroatoms. The van der Waals surface area contributed by atoms with E-state index in [0.29, 0.717) is 24.5 Å². The van der Waals surface area contributed by atoms with Gasteiger partial charge in [0.15, 0.2) is 0 Å². The van der Waals surface area contributed by atoms with Gasteiger partial charge in [0, 0.05) is 25.7 Å². The van der Waals surface area contributed by atoms with Crippen molar-refractivity contribution in [3.63, 3.8) is 0 Å². The fourth-order valence-electron chi connectivity index (χ4n) is 2.86. The standard InChI is InChI=1S/C15H24N2O2S.ClH/c1-10-8-11(2)14(5)15(13(10)4)20(18,19)17-7-6-16-9-12(17)3;/h8,12,16H,6-7,9H2,1-5H3;1H. The molecule has 2 rings (SSSR count). The summed E-state index contributed by atoms with van der Waals surface area (Å²) in [7, 11) is -3.42. The molecule has 1 N–H and O–H groups in total.